The highest BCUT2D eigenvalue weighted by Gasteiger charge is 2.30. The maximum Gasteiger partial charge on any atom is 0.319 e. The second-order valence-electron chi connectivity index (χ2n) is 7.27. The molecule has 2 heterocycles. The zero-order valence-electron chi connectivity index (χ0n) is 15.4. The fourth-order valence-corrected chi connectivity index (χ4v) is 3.58. The SMILES string of the molecule is O=C(NCc1cc2n(n1)CCCN(C(=O)C1CCC1)C2)Nc1ccccc1. The summed E-state index contributed by atoms with van der Waals surface area (Å²) in [6, 6.07) is 11.1. The van der Waals surface area contributed by atoms with E-state index in [4.69, 9.17) is 0 Å². The van der Waals surface area contributed by atoms with Gasteiger partial charge in [-0.1, -0.05) is 24.6 Å². The molecule has 2 N–H and O–H groups in total. The van der Waals surface area contributed by atoms with Crippen LogP contribution in [0.5, 0.6) is 0 Å². The van der Waals surface area contributed by atoms with Crippen molar-refractivity contribution in [3.63, 3.8) is 0 Å². The second-order valence-corrected chi connectivity index (χ2v) is 7.27. The van der Waals surface area contributed by atoms with Gasteiger partial charge in [0.2, 0.25) is 5.91 Å². The van der Waals surface area contributed by atoms with Gasteiger partial charge in [-0.3, -0.25) is 9.48 Å². The molecule has 1 aromatic carbocycles. The number of aromatic nitrogens is 2. The first kappa shape index (κ1) is 17.6. The number of amides is 3. The van der Waals surface area contributed by atoms with E-state index in [0.29, 0.717) is 13.1 Å². The zero-order chi connectivity index (χ0) is 18.6. The van der Waals surface area contributed by atoms with Gasteiger partial charge in [0.05, 0.1) is 24.5 Å². The quantitative estimate of drug-likeness (QED) is 0.872. The third kappa shape index (κ3) is 4.13. The summed E-state index contributed by atoms with van der Waals surface area (Å²) in [7, 11) is 0. The molecule has 1 fully saturated rings. The van der Waals surface area contributed by atoms with Gasteiger partial charge >= 0.3 is 6.03 Å². The highest BCUT2D eigenvalue weighted by Crippen LogP contribution is 2.29. The van der Waals surface area contributed by atoms with Gasteiger partial charge in [-0.15, -0.1) is 0 Å². The van der Waals surface area contributed by atoms with Crippen molar-refractivity contribution in [3.05, 3.63) is 47.8 Å². The van der Waals surface area contributed by atoms with Gasteiger partial charge in [-0.05, 0) is 37.5 Å². The Morgan fingerprint density at radius 2 is 1.93 bits per heavy atom. The lowest BCUT2D eigenvalue weighted by Crippen LogP contribution is -2.38. The van der Waals surface area contributed by atoms with E-state index in [-0.39, 0.29) is 17.9 Å². The number of para-hydroxylation sites is 1. The Bertz CT molecular complexity index is 813. The Balaban J connectivity index is 1.34. The number of aryl methyl sites for hydroxylation is 1. The molecule has 0 atom stereocenters. The van der Waals surface area contributed by atoms with Crippen LogP contribution < -0.4 is 10.6 Å². The molecular weight excluding hydrogens is 342 g/mol. The Morgan fingerprint density at radius 1 is 1.11 bits per heavy atom. The number of hydrogen-bond acceptors (Lipinski definition) is 3. The molecule has 142 valence electrons. The average molecular weight is 367 g/mol. The fraction of sp³-hybridized carbons (Fsp3) is 0.450. The Hall–Kier alpha value is -2.83. The summed E-state index contributed by atoms with van der Waals surface area (Å²) < 4.78 is 1.97. The van der Waals surface area contributed by atoms with E-state index in [9.17, 15) is 9.59 Å². The lowest BCUT2D eigenvalue weighted by atomic mass is 9.84. The van der Waals surface area contributed by atoms with Crippen molar-refractivity contribution in [2.75, 3.05) is 11.9 Å². The predicted octanol–water partition coefficient (Wildman–Crippen LogP) is 2.74. The minimum absolute atomic E-state index is 0.224. The Kier molecular flexibility index (Phi) is 5.09. The molecule has 0 saturated heterocycles. The number of fused-ring (bicyclic) bond motifs is 1. The number of urea groups is 1. The molecule has 2 aromatic rings. The van der Waals surface area contributed by atoms with Gasteiger partial charge in [-0.25, -0.2) is 4.79 Å². The topological polar surface area (TPSA) is 79.3 Å². The fourth-order valence-electron chi connectivity index (χ4n) is 3.58. The summed E-state index contributed by atoms with van der Waals surface area (Å²) in [6.45, 7) is 2.57. The molecular formula is C20H25N5O2. The van der Waals surface area contributed by atoms with Crippen LogP contribution in [0, 0.1) is 5.92 Å². The van der Waals surface area contributed by atoms with E-state index in [0.717, 1.165) is 49.4 Å². The minimum atomic E-state index is -0.258. The van der Waals surface area contributed by atoms with Gasteiger partial charge in [0, 0.05) is 24.7 Å². The highest BCUT2D eigenvalue weighted by atomic mass is 16.2. The number of anilines is 1. The third-order valence-corrected chi connectivity index (χ3v) is 5.29. The lowest BCUT2D eigenvalue weighted by Gasteiger charge is -2.30. The van der Waals surface area contributed by atoms with Crippen LogP contribution in [0.4, 0.5) is 10.5 Å². The summed E-state index contributed by atoms with van der Waals surface area (Å²) in [5.41, 5.74) is 2.60. The van der Waals surface area contributed by atoms with E-state index in [1.807, 2.05) is 46.0 Å². The Labute approximate surface area is 158 Å². The summed E-state index contributed by atoms with van der Waals surface area (Å²) >= 11 is 0. The van der Waals surface area contributed by atoms with Gasteiger partial charge in [0.15, 0.2) is 0 Å². The van der Waals surface area contributed by atoms with Crippen LogP contribution in [-0.4, -0.2) is 33.2 Å². The van der Waals surface area contributed by atoms with Crippen LogP contribution in [0.1, 0.15) is 37.1 Å². The van der Waals surface area contributed by atoms with Gasteiger partial charge in [-0.2, -0.15) is 5.10 Å². The normalized spacial score (nSPS) is 16.8. The molecule has 7 heteroatoms. The van der Waals surface area contributed by atoms with Crippen LogP contribution in [-0.2, 0) is 24.4 Å². The number of benzene rings is 1. The molecule has 4 rings (SSSR count). The van der Waals surface area contributed by atoms with Crippen molar-refractivity contribution < 1.29 is 9.59 Å². The molecule has 0 radical (unpaired) electrons. The van der Waals surface area contributed by atoms with Crippen molar-refractivity contribution in [1.82, 2.24) is 20.0 Å². The van der Waals surface area contributed by atoms with Crippen LogP contribution in [0.25, 0.3) is 0 Å². The third-order valence-electron chi connectivity index (χ3n) is 5.29. The average Bonchev–Trinajstić information content (AvgIpc) is 2.89. The molecule has 1 saturated carbocycles. The molecule has 1 aliphatic carbocycles. The Morgan fingerprint density at radius 3 is 2.67 bits per heavy atom. The summed E-state index contributed by atoms with van der Waals surface area (Å²) in [6.07, 6.45) is 4.14. The van der Waals surface area contributed by atoms with Crippen LogP contribution in [0.2, 0.25) is 0 Å². The van der Waals surface area contributed by atoms with Gasteiger partial charge in [0.1, 0.15) is 0 Å². The summed E-state index contributed by atoms with van der Waals surface area (Å²) in [4.78, 5) is 26.6. The molecule has 1 aliphatic heterocycles. The first-order valence-corrected chi connectivity index (χ1v) is 9.63. The molecule has 0 spiro atoms. The maximum atomic E-state index is 12.6. The molecule has 1 aromatic heterocycles. The smallest absolute Gasteiger partial charge is 0.319 e. The van der Waals surface area contributed by atoms with Crippen molar-refractivity contribution in [2.24, 2.45) is 5.92 Å². The van der Waals surface area contributed by atoms with Crippen molar-refractivity contribution in [2.45, 2.75) is 45.3 Å². The summed E-state index contributed by atoms with van der Waals surface area (Å²) in [5, 5.41) is 10.2. The first-order valence-electron chi connectivity index (χ1n) is 9.63. The van der Waals surface area contributed by atoms with Crippen LogP contribution in [0.3, 0.4) is 0 Å². The molecule has 3 amide bonds. The van der Waals surface area contributed by atoms with E-state index in [1.54, 1.807) is 0 Å². The van der Waals surface area contributed by atoms with Gasteiger partial charge in [0.25, 0.3) is 0 Å². The van der Waals surface area contributed by atoms with Crippen molar-refractivity contribution >= 4 is 17.6 Å². The van der Waals surface area contributed by atoms with Gasteiger partial charge < -0.3 is 15.5 Å². The highest BCUT2D eigenvalue weighted by molar-refractivity contribution is 5.89. The van der Waals surface area contributed by atoms with E-state index < -0.39 is 0 Å². The second kappa shape index (κ2) is 7.82. The standard InChI is InChI=1S/C20H25N5O2/c26-19(15-6-4-7-15)24-10-5-11-25-18(14-24)12-17(23-25)13-21-20(27)22-16-8-2-1-3-9-16/h1-3,8-9,12,15H,4-7,10-11,13-14H2,(H2,21,22,27). The van der Waals surface area contributed by atoms with Crippen molar-refractivity contribution in [1.29, 1.82) is 0 Å². The van der Waals surface area contributed by atoms with E-state index in [2.05, 4.69) is 15.7 Å². The molecule has 0 bridgehead atoms. The molecule has 0 unspecified atom stereocenters. The molecule has 27 heavy (non-hydrogen) atoms. The lowest BCUT2D eigenvalue weighted by molar-refractivity contribution is -0.138. The van der Waals surface area contributed by atoms with Crippen LogP contribution >= 0.6 is 0 Å². The number of hydrogen-bond donors (Lipinski definition) is 2. The molecule has 7 nitrogen and oxygen atoms in total. The van der Waals surface area contributed by atoms with E-state index >= 15 is 0 Å². The predicted molar refractivity (Wildman–Crippen MR) is 102 cm³/mol. The minimum Gasteiger partial charge on any atom is -0.337 e. The molecule has 2 aliphatic rings. The maximum absolute atomic E-state index is 12.6. The largest absolute Gasteiger partial charge is 0.337 e. The number of carbonyl (C=O) groups is 2. The van der Waals surface area contributed by atoms with Crippen LogP contribution in [0.15, 0.2) is 36.4 Å². The number of carbonyl (C=O) groups excluding carboxylic acids is 2. The van der Waals surface area contributed by atoms with E-state index in [1.165, 1.54) is 6.42 Å². The number of nitrogens with one attached hydrogen (secondary N) is 2. The zero-order valence-corrected chi connectivity index (χ0v) is 15.4. The monoisotopic (exact) mass is 367 g/mol. The van der Waals surface area contributed by atoms with Crippen molar-refractivity contribution in [3.8, 4) is 0 Å². The number of nitrogens with zero attached hydrogens (tertiary/aromatic N) is 3. The number of rotatable bonds is 4. The summed E-state index contributed by atoms with van der Waals surface area (Å²) in [5.74, 6) is 0.514. The first-order chi connectivity index (χ1) is 13.2.